The van der Waals surface area contributed by atoms with Crippen LogP contribution in [0.5, 0.6) is 0 Å². The third-order valence-corrected chi connectivity index (χ3v) is 2.45. The number of hydrogen-bond acceptors (Lipinski definition) is 3. The van der Waals surface area contributed by atoms with Crippen molar-refractivity contribution < 1.29 is 14.0 Å². The molecule has 0 aliphatic carbocycles. The van der Waals surface area contributed by atoms with E-state index in [-0.39, 0.29) is 11.4 Å². The molecule has 4 N–H and O–H groups in total. The zero-order chi connectivity index (χ0) is 16.5. The van der Waals surface area contributed by atoms with Gasteiger partial charge in [-0.05, 0) is 31.2 Å². The van der Waals surface area contributed by atoms with Crippen molar-refractivity contribution in [2.75, 3.05) is 5.32 Å². The number of rotatable bonds is 3. The summed E-state index contributed by atoms with van der Waals surface area (Å²) in [5.74, 6) is -1.01. The van der Waals surface area contributed by atoms with Crippen LogP contribution in [0.2, 0.25) is 0 Å². The number of halogens is 1. The average Bonchev–Trinajstić information content (AvgIpc) is 2.47. The molecule has 2 rings (SSSR count). The number of carbonyl (C=O) groups is 2. The first kappa shape index (κ1) is 17.0. The smallest absolute Gasteiger partial charge is 0.258 e. The molecular weight excluding hydrogens is 285 g/mol. The monoisotopic (exact) mass is 301 g/mol. The summed E-state index contributed by atoms with van der Waals surface area (Å²) in [7, 11) is 0. The highest BCUT2D eigenvalue weighted by Gasteiger charge is 2.12. The van der Waals surface area contributed by atoms with Gasteiger partial charge in [-0.1, -0.05) is 24.3 Å². The summed E-state index contributed by atoms with van der Waals surface area (Å²) < 4.78 is 13.4. The number of aldehydes is 1. The van der Waals surface area contributed by atoms with Gasteiger partial charge in [0.1, 0.15) is 5.82 Å². The normalized spacial score (nSPS) is 9.18. The molecule has 0 aliphatic heterocycles. The van der Waals surface area contributed by atoms with Crippen LogP contribution < -0.4 is 11.1 Å². The summed E-state index contributed by atoms with van der Waals surface area (Å²) in [6.45, 7) is 1.53. The Morgan fingerprint density at radius 2 is 1.73 bits per heavy atom. The maximum absolute atomic E-state index is 13.4. The molecule has 0 atom stereocenters. The minimum absolute atomic E-state index is 0.0572. The minimum atomic E-state index is -0.599. The highest BCUT2D eigenvalue weighted by molar-refractivity contribution is 6.06. The molecule has 2 aromatic carbocycles. The molecule has 1 amide bonds. The van der Waals surface area contributed by atoms with E-state index in [1.807, 2.05) is 0 Å². The Balaban J connectivity index is 0.000000541. The van der Waals surface area contributed by atoms with Gasteiger partial charge >= 0.3 is 0 Å². The van der Waals surface area contributed by atoms with Crippen LogP contribution in [0.15, 0.2) is 48.5 Å². The number of amidine groups is 1. The molecule has 5 nitrogen and oxygen atoms in total. The van der Waals surface area contributed by atoms with Gasteiger partial charge in [-0.3, -0.25) is 15.0 Å². The molecule has 6 heteroatoms. The number of amides is 1. The molecule has 0 aliphatic rings. The lowest BCUT2D eigenvalue weighted by Crippen LogP contribution is -2.14. The first-order valence-electron chi connectivity index (χ1n) is 6.36. The number of carbonyl (C=O) groups excluding carboxylic acids is 2. The molecule has 22 heavy (non-hydrogen) atoms. The number of anilines is 1. The Hall–Kier alpha value is -3.02. The quantitative estimate of drug-likeness (QED) is 0.462. The lowest BCUT2D eigenvalue weighted by Gasteiger charge is -2.07. The zero-order valence-electron chi connectivity index (χ0n) is 12.0. The van der Waals surface area contributed by atoms with Gasteiger partial charge in [0.05, 0.1) is 17.1 Å². The first-order chi connectivity index (χ1) is 10.5. The van der Waals surface area contributed by atoms with Gasteiger partial charge in [0.15, 0.2) is 6.29 Å². The topological polar surface area (TPSA) is 96.0 Å². The van der Waals surface area contributed by atoms with Gasteiger partial charge in [0, 0.05) is 5.56 Å². The molecule has 0 radical (unpaired) electrons. The maximum Gasteiger partial charge on any atom is 0.258 e. The largest absolute Gasteiger partial charge is 0.388 e. The fraction of sp³-hybridized carbons (Fsp3) is 0.0625. The summed E-state index contributed by atoms with van der Waals surface area (Å²) in [4.78, 5) is 22.6. The van der Waals surface area contributed by atoms with Crippen molar-refractivity contribution in [2.24, 2.45) is 5.73 Å². The van der Waals surface area contributed by atoms with Crippen LogP contribution in [0, 0.1) is 11.2 Å². The van der Waals surface area contributed by atoms with Gasteiger partial charge in [0.25, 0.3) is 5.91 Å². The van der Waals surface area contributed by atoms with E-state index < -0.39 is 11.7 Å². The van der Waals surface area contributed by atoms with E-state index in [0.717, 1.165) is 0 Å². The van der Waals surface area contributed by atoms with E-state index in [2.05, 4.69) is 5.32 Å². The van der Waals surface area contributed by atoms with Crippen molar-refractivity contribution in [2.45, 2.75) is 6.92 Å². The van der Waals surface area contributed by atoms with E-state index in [1.165, 1.54) is 25.1 Å². The number of para-hydroxylation sites is 1. The molecule has 0 bridgehead atoms. The Labute approximate surface area is 127 Å². The summed E-state index contributed by atoms with van der Waals surface area (Å²) in [6.07, 6.45) is 0.636. The molecule has 0 unspecified atom stereocenters. The van der Waals surface area contributed by atoms with E-state index in [1.54, 1.807) is 30.3 Å². The van der Waals surface area contributed by atoms with Crippen LogP contribution in [0.25, 0.3) is 0 Å². The molecule has 0 fully saturated rings. The zero-order valence-corrected chi connectivity index (χ0v) is 12.0. The van der Waals surface area contributed by atoms with E-state index in [9.17, 15) is 14.0 Å². The van der Waals surface area contributed by atoms with Gasteiger partial charge in [-0.25, -0.2) is 4.39 Å². The Kier molecular flexibility index (Phi) is 6.43. The standard InChI is InChI=1S/C14H10FNO2.C2H6N2/c15-12-7-3-2-6-11(12)14(18)16-13-8-4-1-5-10(13)9-17;1-2(3)4/h1-9H,(H,16,18);1H3,(H3,3,4). The van der Waals surface area contributed by atoms with Crippen molar-refractivity contribution in [3.63, 3.8) is 0 Å². The highest BCUT2D eigenvalue weighted by Crippen LogP contribution is 2.15. The molecule has 0 heterocycles. The van der Waals surface area contributed by atoms with Crippen molar-refractivity contribution in [1.82, 2.24) is 0 Å². The van der Waals surface area contributed by atoms with E-state index in [0.29, 0.717) is 17.5 Å². The van der Waals surface area contributed by atoms with Crippen LogP contribution >= 0.6 is 0 Å². The van der Waals surface area contributed by atoms with E-state index >= 15 is 0 Å². The summed E-state index contributed by atoms with van der Waals surface area (Å²) >= 11 is 0. The summed E-state index contributed by atoms with van der Waals surface area (Å²) in [5.41, 5.74) is 5.35. The van der Waals surface area contributed by atoms with Crippen LogP contribution in [0.1, 0.15) is 27.6 Å². The van der Waals surface area contributed by atoms with Gasteiger partial charge in [0.2, 0.25) is 0 Å². The second-order valence-electron chi connectivity index (χ2n) is 4.32. The minimum Gasteiger partial charge on any atom is -0.388 e. The fourth-order valence-electron chi connectivity index (χ4n) is 1.55. The predicted molar refractivity (Wildman–Crippen MR) is 83.8 cm³/mol. The number of hydrogen-bond donors (Lipinski definition) is 3. The van der Waals surface area contributed by atoms with Crippen molar-refractivity contribution in [3.8, 4) is 0 Å². The van der Waals surface area contributed by atoms with Gasteiger partial charge in [-0.2, -0.15) is 0 Å². The highest BCUT2D eigenvalue weighted by atomic mass is 19.1. The lowest BCUT2D eigenvalue weighted by atomic mass is 10.1. The second-order valence-corrected chi connectivity index (χ2v) is 4.32. The Morgan fingerprint density at radius 1 is 1.18 bits per heavy atom. The summed E-state index contributed by atoms with van der Waals surface area (Å²) in [6, 6.07) is 12.2. The average molecular weight is 301 g/mol. The Bertz CT molecular complexity index is 683. The second kappa shape index (κ2) is 8.31. The molecule has 114 valence electrons. The van der Waals surface area contributed by atoms with E-state index in [4.69, 9.17) is 11.1 Å². The molecule has 0 saturated carbocycles. The third-order valence-electron chi connectivity index (χ3n) is 2.45. The van der Waals surface area contributed by atoms with Crippen LogP contribution in [0.4, 0.5) is 10.1 Å². The molecule has 0 aromatic heterocycles. The predicted octanol–water partition coefficient (Wildman–Crippen LogP) is 2.83. The lowest BCUT2D eigenvalue weighted by molar-refractivity contribution is 0.102. The summed E-state index contributed by atoms with van der Waals surface area (Å²) in [5, 5.41) is 8.79. The van der Waals surface area contributed by atoms with Gasteiger partial charge in [-0.15, -0.1) is 0 Å². The number of benzene rings is 2. The molecular formula is C16H16FN3O2. The number of nitrogens with two attached hydrogens (primary N) is 1. The molecule has 0 saturated heterocycles. The van der Waals surface area contributed by atoms with Crippen molar-refractivity contribution >= 4 is 23.7 Å². The van der Waals surface area contributed by atoms with Crippen LogP contribution in [-0.2, 0) is 0 Å². The van der Waals surface area contributed by atoms with Crippen LogP contribution in [0.3, 0.4) is 0 Å². The first-order valence-corrected chi connectivity index (χ1v) is 6.36. The number of nitrogens with one attached hydrogen (secondary N) is 2. The Morgan fingerprint density at radius 3 is 2.32 bits per heavy atom. The maximum atomic E-state index is 13.4. The molecule has 2 aromatic rings. The molecule has 0 spiro atoms. The van der Waals surface area contributed by atoms with Gasteiger partial charge < -0.3 is 11.1 Å². The van der Waals surface area contributed by atoms with Crippen molar-refractivity contribution in [3.05, 3.63) is 65.5 Å². The SMILES string of the molecule is CC(=N)N.O=Cc1ccccc1NC(=O)c1ccccc1F. The third kappa shape index (κ3) is 5.16. The van der Waals surface area contributed by atoms with Crippen molar-refractivity contribution in [1.29, 1.82) is 5.41 Å². The van der Waals surface area contributed by atoms with Crippen LogP contribution in [-0.4, -0.2) is 18.0 Å². The fourth-order valence-corrected chi connectivity index (χ4v) is 1.55.